The predicted molar refractivity (Wildman–Crippen MR) is 58.5 cm³/mol. The Kier molecular flexibility index (Phi) is 3.84. The minimum Gasteiger partial charge on any atom is -0.249 e. The van der Waals surface area contributed by atoms with Gasteiger partial charge in [0.15, 0.2) is 5.69 Å². The summed E-state index contributed by atoms with van der Waals surface area (Å²) < 4.78 is 39.7. The lowest BCUT2D eigenvalue weighted by atomic mass is 9.89. The number of nitrogens with zero attached hydrogens (tertiary/aromatic N) is 3. The zero-order valence-corrected chi connectivity index (χ0v) is 10.6. The molecule has 6 heteroatoms. The second-order valence-electron chi connectivity index (χ2n) is 5.34. The van der Waals surface area contributed by atoms with E-state index in [1.165, 1.54) is 4.68 Å². The maximum absolute atomic E-state index is 12.8. The first-order valence-electron chi connectivity index (χ1n) is 5.64. The quantitative estimate of drug-likeness (QED) is 0.823. The van der Waals surface area contributed by atoms with Crippen molar-refractivity contribution in [2.24, 2.45) is 5.41 Å². The molecule has 0 fully saturated rings. The third-order valence-corrected chi connectivity index (χ3v) is 2.24. The van der Waals surface area contributed by atoms with E-state index in [4.69, 9.17) is 0 Å². The second-order valence-corrected chi connectivity index (χ2v) is 5.34. The highest BCUT2D eigenvalue weighted by atomic mass is 19.4. The fraction of sp³-hybridized carbons (Fsp3) is 0.818. The number of halogens is 3. The van der Waals surface area contributed by atoms with E-state index in [0.717, 1.165) is 6.42 Å². The first-order valence-corrected chi connectivity index (χ1v) is 5.64. The summed E-state index contributed by atoms with van der Waals surface area (Å²) in [4.78, 5) is 0. The molecule has 0 saturated carbocycles. The van der Waals surface area contributed by atoms with Gasteiger partial charge in [0.1, 0.15) is 0 Å². The van der Waals surface area contributed by atoms with Crippen molar-refractivity contribution in [2.45, 2.75) is 53.3 Å². The van der Waals surface area contributed by atoms with Crippen LogP contribution in [-0.2, 0) is 19.1 Å². The lowest BCUT2D eigenvalue weighted by Gasteiger charge is -2.19. The zero-order valence-electron chi connectivity index (χ0n) is 10.6. The Morgan fingerprint density at radius 2 is 1.76 bits per heavy atom. The lowest BCUT2D eigenvalue weighted by molar-refractivity contribution is -0.142. The first-order chi connectivity index (χ1) is 7.65. The van der Waals surface area contributed by atoms with Crippen molar-refractivity contribution in [3.05, 3.63) is 11.4 Å². The van der Waals surface area contributed by atoms with Crippen LogP contribution in [0.4, 0.5) is 13.2 Å². The van der Waals surface area contributed by atoms with Crippen molar-refractivity contribution in [3.63, 3.8) is 0 Å². The summed E-state index contributed by atoms with van der Waals surface area (Å²) in [5.74, 6) is 0. The lowest BCUT2D eigenvalue weighted by Crippen LogP contribution is -2.18. The molecule has 0 bridgehead atoms. The van der Waals surface area contributed by atoms with Crippen molar-refractivity contribution in [3.8, 4) is 0 Å². The Balaban J connectivity index is 3.15. The molecule has 0 spiro atoms. The molecule has 0 amide bonds. The number of hydrogen-bond donors (Lipinski definition) is 0. The molecule has 1 heterocycles. The number of hydrogen-bond acceptors (Lipinski definition) is 2. The summed E-state index contributed by atoms with van der Waals surface area (Å²) >= 11 is 0. The Labute approximate surface area is 99.0 Å². The molecule has 0 N–H and O–H groups in total. The minimum atomic E-state index is -4.42. The van der Waals surface area contributed by atoms with E-state index in [9.17, 15) is 13.2 Å². The standard InChI is InChI=1S/C11H18F3N3/c1-5-6-17-8(7-10(2,3)4)9(15-16-17)11(12,13)14/h5-7H2,1-4H3. The molecule has 0 saturated heterocycles. The Hall–Kier alpha value is -1.07. The van der Waals surface area contributed by atoms with Crippen LogP contribution >= 0.6 is 0 Å². The monoisotopic (exact) mass is 249 g/mol. The third kappa shape index (κ3) is 3.71. The van der Waals surface area contributed by atoms with E-state index in [2.05, 4.69) is 10.3 Å². The van der Waals surface area contributed by atoms with Crippen molar-refractivity contribution in [2.75, 3.05) is 0 Å². The van der Waals surface area contributed by atoms with Crippen LogP contribution in [0.25, 0.3) is 0 Å². The van der Waals surface area contributed by atoms with Gasteiger partial charge >= 0.3 is 6.18 Å². The van der Waals surface area contributed by atoms with Crippen LogP contribution < -0.4 is 0 Å². The maximum atomic E-state index is 12.8. The SMILES string of the molecule is CCCn1nnc(C(F)(F)F)c1CC(C)(C)C. The molecule has 0 aromatic carbocycles. The van der Waals surface area contributed by atoms with Gasteiger partial charge in [0.25, 0.3) is 0 Å². The molecular formula is C11H18F3N3. The maximum Gasteiger partial charge on any atom is 0.437 e. The normalized spacial score (nSPS) is 13.1. The predicted octanol–water partition coefficient (Wildman–Crippen LogP) is 3.30. The van der Waals surface area contributed by atoms with Gasteiger partial charge in [0, 0.05) is 6.54 Å². The van der Waals surface area contributed by atoms with Gasteiger partial charge in [-0.2, -0.15) is 13.2 Å². The van der Waals surface area contributed by atoms with Gasteiger partial charge in [-0.1, -0.05) is 32.9 Å². The number of aromatic nitrogens is 3. The third-order valence-electron chi connectivity index (χ3n) is 2.24. The van der Waals surface area contributed by atoms with Crippen LogP contribution in [0.5, 0.6) is 0 Å². The zero-order chi connectivity index (χ0) is 13.3. The van der Waals surface area contributed by atoms with Gasteiger partial charge in [0.2, 0.25) is 0 Å². The van der Waals surface area contributed by atoms with Crippen LogP contribution in [0.1, 0.15) is 45.5 Å². The van der Waals surface area contributed by atoms with E-state index < -0.39 is 11.9 Å². The molecule has 1 aromatic rings. The van der Waals surface area contributed by atoms with Crippen molar-refractivity contribution >= 4 is 0 Å². The van der Waals surface area contributed by atoms with Crippen LogP contribution in [0.2, 0.25) is 0 Å². The smallest absolute Gasteiger partial charge is 0.249 e. The van der Waals surface area contributed by atoms with Gasteiger partial charge in [0.05, 0.1) is 5.69 Å². The number of rotatable bonds is 3. The molecule has 0 aliphatic rings. The van der Waals surface area contributed by atoms with E-state index >= 15 is 0 Å². The average molecular weight is 249 g/mol. The highest BCUT2D eigenvalue weighted by Crippen LogP contribution is 2.33. The summed E-state index contributed by atoms with van der Waals surface area (Å²) in [7, 11) is 0. The topological polar surface area (TPSA) is 30.7 Å². The van der Waals surface area contributed by atoms with Gasteiger partial charge in [-0.25, -0.2) is 4.68 Å². The van der Waals surface area contributed by atoms with Gasteiger partial charge in [-0.3, -0.25) is 0 Å². The Morgan fingerprint density at radius 1 is 1.18 bits per heavy atom. The summed E-state index contributed by atoms with van der Waals surface area (Å²) in [6, 6.07) is 0. The highest BCUT2D eigenvalue weighted by molar-refractivity contribution is 5.15. The molecular weight excluding hydrogens is 231 g/mol. The van der Waals surface area contributed by atoms with Crippen LogP contribution in [-0.4, -0.2) is 15.0 Å². The van der Waals surface area contributed by atoms with Crippen molar-refractivity contribution in [1.82, 2.24) is 15.0 Å². The van der Waals surface area contributed by atoms with E-state index in [-0.39, 0.29) is 11.1 Å². The number of alkyl halides is 3. The molecule has 1 rings (SSSR count). The van der Waals surface area contributed by atoms with Crippen molar-refractivity contribution < 1.29 is 13.2 Å². The molecule has 0 unspecified atom stereocenters. The Bertz CT molecular complexity index is 374. The largest absolute Gasteiger partial charge is 0.437 e. The van der Waals surface area contributed by atoms with E-state index in [1.807, 2.05) is 27.7 Å². The molecule has 17 heavy (non-hydrogen) atoms. The van der Waals surface area contributed by atoms with Crippen LogP contribution in [0.15, 0.2) is 0 Å². The van der Waals surface area contributed by atoms with Gasteiger partial charge in [-0.15, -0.1) is 5.10 Å². The van der Waals surface area contributed by atoms with Gasteiger partial charge in [-0.05, 0) is 18.3 Å². The molecule has 0 aliphatic heterocycles. The number of aryl methyl sites for hydroxylation is 1. The highest BCUT2D eigenvalue weighted by Gasteiger charge is 2.39. The van der Waals surface area contributed by atoms with Crippen LogP contribution in [0, 0.1) is 5.41 Å². The molecule has 0 atom stereocenters. The molecule has 3 nitrogen and oxygen atoms in total. The summed E-state index contributed by atoms with van der Waals surface area (Å²) in [6.07, 6.45) is -3.38. The van der Waals surface area contributed by atoms with Crippen molar-refractivity contribution in [1.29, 1.82) is 0 Å². The Morgan fingerprint density at radius 3 is 2.18 bits per heavy atom. The fourth-order valence-electron chi connectivity index (χ4n) is 1.62. The van der Waals surface area contributed by atoms with E-state index in [0.29, 0.717) is 13.0 Å². The fourth-order valence-corrected chi connectivity index (χ4v) is 1.62. The molecule has 0 aliphatic carbocycles. The summed E-state index contributed by atoms with van der Waals surface area (Å²) in [6.45, 7) is 8.06. The summed E-state index contributed by atoms with van der Waals surface area (Å²) in [5.41, 5.74) is -0.888. The second kappa shape index (κ2) is 4.66. The van der Waals surface area contributed by atoms with E-state index in [1.54, 1.807) is 0 Å². The molecule has 1 aromatic heterocycles. The van der Waals surface area contributed by atoms with Gasteiger partial charge < -0.3 is 0 Å². The minimum absolute atomic E-state index is 0.187. The average Bonchev–Trinajstić information content (AvgIpc) is 2.45. The van der Waals surface area contributed by atoms with Crippen LogP contribution in [0.3, 0.4) is 0 Å². The first kappa shape index (κ1) is 14.0. The molecule has 98 valence electrons. The summed E-state index contributed by atoms with van der Waals surface area (Å²) in [5, 5.41) is 6.88. The molecule has 0 radical (unpaired) electrons.